The molecule has 0 fully saturated rings. The van der Waals surface area contributed by atoms with Gasteiger partial charge < -0.3 is 9.47 Å². The average molecular weight is 195 g/mol. The zero-order valence-corrected chi connectivity index (χ0v) is 8.48. The van der Waals surface area contributed by atoms with E-state index in [-0.39, 0.29) is 12.1 Å². The van der Waals surface area contributed by atoms with Crippen molar-refractivity contribution in [1.29, 1.82) is 0 Å². The maximum absolute atomic E-state index is 11.2. The Hall–Kier alpha value is -1.42. The lowest BCUT2D eigenvalue weighted by Gasteiger charge is -2.09. The van der Waals surface area contributed by atoms with Gasteiger partial charge in [-0.15, -0.1) is 0 Å². The molecule has 0 radical (unpaired) electrons. The molecular formula is C10H13NO3. The topological polar surface area (TPSA) is 48.4 Å². The Morgan fingerprint density at radius 2 is 2.14 bits per heavy atom. The van der Waals surface area contributed by atoms with Gasteiger partial charge in [0.05, 0.1) is 18.8 Å². The highest BCUT2D eigenvalue weighted by molar-refractivity contribution is 5.89. The molecule has 0 saturated carbocycles. The molecule has 1 atom stereocenters. The maximum Gasteiger partial charge on any atom is 0.339 e. The van der Waals surface area contributed by atoms with Crippen LogP contribution in [0.5, 0.6) is 0 Å². The van der Waals surface area contributed by atoms with Crippen molar-refractivity contribution in [3.63, 3.8) is 0 Å². The highest BCUT2D eigenvalue weighted by Crippen LogP contribution is 2.15. The highest BCUT2D eigenvalue weighted by Gasteiger charge is 2.09. The van der Waals surface area contributed by atoms with Crippen molar-refractivity contribution in [2.75, 3.05) is 14.2 Å². The number of esters is 1. The Kier molecular flexibility index (Phi) is 3.59. The molecule has 0 bridgehead atoms. The van der Waals surface area contributed by atoms with Gasteiger partial charge in [-0.1, -0.05) is 0 Å². The van der Waals surface area contributed by atoms with Crippen LogP contribution in [0.3, 0.4) is 0 Å². The van der Waals surface area contributed by atoms with Gasteiger partial charge >= 0.3 is 5.97 Å². The number of aromatic nitrogens is 1. The summed E-state index contributed by atoms with van der Waals surface area (Å²) in [5, 5.41) is 0. The summed E-state index contributed by atoms with van der Waals surface area (Å²) in [5.41, 5.74) is 1.30. The van der Waals surface area contributed by atoms with Crippen molar-refractivity contribution >= 4 is 5.97 Å². The number of ether oxygens (including phenoxy) is 2. The Bertz CT molecular complexity index is 325. The molecular weight excluding hydrogens is 182 g/mol. The molecule has 1 unspecified atom stereocenters. The molecule has 0 saturated heterocycles. The molecule has 0 N–H and O–H groups in total. The number of carbonyl (C=O) groups excluding carboxylic acids is 1. The van der Waals surface area contributed by atoms with Crippen molar-refractivity contribution in [1.82, 2.24) is 4.98 Å². The Morgan fingerprint density at radius 1 is 1.43 bits per heavy atom. The second-order valence-corrected chi connectivity index (χ2v) is 2.88. The number of carbonyl (C=O) groups is 1. The molecule has 1 aromatic rings. The third-order valence-electron chi connectivity index (χ3n) is 2.00. The molecule has 0 spiro atoms. The second-order valence-electron chi connectivity index (χ2n) is 2.88. The summed E-state index contributed by atoms with van der Waals surface area (Å²) in [6, 6.07) is 1.72. The summed E-state index contributed by atoms with van der Waals surface area (Å²) in [4.78, 5) is 15.1. The van der Waals surface area contributed by atoms with Crippen LogP contribution in [0, 0.1) is 0 Å². The van der Waals surface area contributed by atoms with Crippen LogP contribution in [-0.4, -0.2) is 25.2 Å². The molecule has 1 aromatic heterocycles. The molecule has 0 amide bonds. The van der Waals surface area contributed by atoms with Gasteiger partial charge in [0.15, 0.2) is 0 Å². The average Bonchev–Trinajstić information content (AvgIpc) is 2.27. The molecule has 14 heavy (non-hydrogen) atoms. The molecule has 0 aliphatic heterocycles. The summed E-state index contributed by atoms with van der Waals surface area (Å²) in [6.07, 6.45) is 3.06. The first-order valence-electron chi connectivity index (χ1n) is 4.25. The lowest BCUT2D eigenvalue weighted by atomic mass is 10.1. The minimum atomic E-state index is -0.386. The van der Waals surface area contributed by atoms with Crippen LogP contribution in [0.2, 0.25) is 0 Å². The molecule has 1 rings (SSSR count). The summed E-state index contributed by atoms with van der Waals surface area (Å²) in [6.45, 7) is 1.89. The van der Waals surface area contributed by atoms with Gasteiger partial charge in [-0.2, -0.15) is 0 Å². The van der Waals surface area contributed by atoms with E-state index >= 15 is 0 Å². The molecule has 0 aromatic carbocycles. The molecule has 76 valence electrons. The summed E-state index contributed by atoms with van der Waals surface area (Å²) >= 11 is 0. The van der Waals surface area contributed by atoms with Gasteiger partial charge in [-0.05, 0) is 18.6 Å². The van der Waals surface area contributed by atoms with E-state index in [1.54, 1.807) is 19.4 Å². The van der Waals surface area contributed by atoms with Crippen LogP contribution in [0.25, 0.3) is 0 Å². The fourth-order valence-corrected chi connectivity index (χ4v) is 1.05. The van der Waals surface area contributed by atoms with E-state index in [1.165, 1.54) is 13.3 Å². The molecule has 4 heteroatoms. The lowest BCUT2D eigenvalue weighted by molar-refractivity contribution is 0.0599. The predicted octanol–water partition coefficient (Wildman–Crippen LogP) is 1.58. The fourth-order valence-electron chi connectivity index (χ4n) is 1.05. The van der Waals surface area contributed by atoms with Gasteiger partial charge in [0.1, 0.15) is 0 Å². The quantitative estimate of drug-likeness (QED) is 0.687. The minimum Gasteiger partial charge on any atom is -0.465 e. The number of pyridine rings is 1. The molecule has 0 aliphatic carbocycles. The highest BCUT2D eigenvalue weighted by atomic mass is 16.5. The number of methoxy groups -OCH3 is 2. The van der Waals surface area contributed by atoms with E-state index in [0.29, 0.717) is 5.56 Å². The summed E-state index contributed by atoms with van der Waals surface area (Å²) in [7, 11) is 2.95. The summed E-state index contributed by atoms with van der Waals surface area (Å²) < 4.78 is 9.70. The third-order valence-corrected chi connectivity index (χ3v) is 2.00. The lowest BCUT2D eigenvalue weighted by Crippen LogP contribution is -2.04. The molecule has 0 aliphatic rings. The van der Waals surface area contributed by atoms with Crippen LogP contribution in [0.15, 0.2) is 18.5 Å². The van der Waals surface area contributed by atoms with E-state index in [1.807, 2.05) is 6.92 Å². The van der Waals surface area contributed by atoms with Crippen molar-refractivity contribution < 1.29 is 14.3 Å². The van der Waals surface area contributed by atoms with Crippen LogP contribution in [0.1, 0.15) is 28.9 Å². The second kappa shape index (κ2) is 4.72. The number of rotatable bonds is 3. The van der Waals surface area contributed by atoms with Crippen molar-refractivity contribution in [3.8, 4) is 0 Å². The van der Waals surface area contributed by atoms with Crippen molar-refractivity contribution in [3.05, 3.63) is 29.6 Å². The summed E-state index contributed by atoms with van der Waals surface area (Å²) in [5.74, 6) is -0.386. The number of hydrogen-bond donors (Lipinski definition) is 0. The largest absolute Gasteiger partial charge is 0.465 e. The van der Waals surface area contributed by atoms with Crippen molar-refractivity contribution in [2.45, 2.75) is 13.0 Å². The monoisotopic (exact) mass is 195 g/mol. The third kappa shape index (κ3) is 2.29. The predicted molar refractivity (Wildman–Crippen MR) is 51.0 cm³/mol. The SMILES string of the molecule is COC(=O)c1cncc(C(C)OC)c1. The van der Waals surface area contributed by atoms with E-state index in [9.17, 15) is 4.79 Å². The van der Waals surface area contributed by atoms with Gasteiger partial charge in [-0.25, -0.2) is 4.79 Å². The zero-order valence-electron chi connectivity index (χ0n) is 8.48. The molecule has 4 nitrogen and oxygen atoms in total. The van der Waals surface area contributed by atoms with Crippen LogP contribution in [-0.2, 0) is 9.47 Å². The first-order valence-corrected chi connectivity index (χ1v) is 4.25. The normalized spacial score (nSPS) is 12.2. The standard InChI is InChI=1S/C10H13NO3/c1-7(13-2)8-4-9(6-11-5-8)10(12)14-3/h4-7H,1-3H3. The number of nitrogens with zero attached hydrogens (tertiary/aromatic N) is 1. The van der Waals surface area contributed by atoms with Crippen LogP contribution >= 0.6 is 0 Å². The molecule has 1 heterocycles. The van der Waals surface area contributed by atoms with Crippen molar-refractivity contribution in [2.24, 2.45) is 0 Å². The zero-order chi connectivity index (χ0) is 10.6. The van der Waals surface area contributed by atoms with Crippen LogP contribution in [0.4, 0.5) is 0 Å². The van der Waals surface area contributed by atoms with Gasteiger partial charge in [-0.3, -0.25) is 4.98 Å². The first kappa shape index (κ1) is 10.7. The smallest absolute Gasteiger partial charge is 0.339 e. The van der Waals surface area contributed by atoms with Gasteiger partial charge in [0, 0.05) is 19.5 Å². The van der Waals surface area contributed by atoms with Gasteiger partial charge in [0.25, 0.3) is 0 Å². The Balaban J connectivity index is 2.95. The van der Waals surface area contributed by atoms with E-state index in [0.717, 1.165) is 5.56 Å². The van der Waals surface area contributed by atoms with E-state index in [4.69, 9.17) is 4.74 Å². The first-order chi connectivity index (χ1) is 6.69. The number of hydrogen-bond acceptors (Lipinski definition) is 4. The maximum atomic E-state index is 11.2. The Labute approximate surface area is 82.9 Å². The fraction of sp³-hybridized carbons (Fsp3) is 0.400. The van der Waals surface area contributed by atoms with Crippen LogP contribution < -0.4 is 0 Å². The van der Waals surface area contributed by atoms with Gasteiger partial charge in [0.2, 0.25) is 0 Å². The van der Waals surface area contributed by atoms with E-state index < -0.39 is 0 Å². The minimum absolute atomic E-state index is 0.0768. The Morgan fingerprint density at radius 3 is 2.71 bits per heavy atom. The van der Waals surface area contributed by atoms with E-state index in [2.05, 4.69) is 9.72 Å².